The minimum Gasteiger partial charge on any atom is -0.497 e. The van der Waals surface area contributed by atoms with Crippen molar-refractivity contribution in [1.29, 1.82) is 0 Å². The minimum absolute atomic E-state index is 0.00574. The summed E-state index contributed by atoms with van der Waals surface area (Å²) in [6.45, 7) is 8.12. The normalized spacial score (nSPS) is 13.4. The molecule has 0 bridgehead atoms. The van der Waals surface area contributed by atoms with Crippen LogP contribution in [-0.2, 0) is 4.79 Å². The standard InChI is InChI=1S/C15H23NO3/c1-6-16(15(3,4)14(17)18)11(2)12-8-7-9-13(10-12)19-5/h7-11H,6H2,1-5H3,(H,17,18). The van der Waals surface area contributed by atoms with E-state index < -0.39 is 11.5 Å². The molecule has 0 heterocycles. The highest BCUT2D eigenvalue weighted by Crippen LogP contribution is 2.29. The van der Waals surface area contributed by atoms with Crippen molar-refractivity contribution in [2.45, 2.75) is 39.3 Å². The molecular formula is C15H23NO3. The predicted molar refractivity (Wildman–Crippen MR) is 75.5 cm³/mol. The quantitative estimate of drug-likeness (QED) is 0.859. The number of methoxy groups -OCH3 is 1. The number of rotatable bonds is 6. The van der Waals surface area contributed by atoms with Gasteiger partial charge in [0.25, 0.3) is 0 Å². The summed E-state index contributed by atoms with van der Waals surface area (Å²) in [5, 5.41) is 9.37. The lowest BCUT2D eigenvalue weighted by molar-refractivity contribution is -0.150. The fourth-order valence-electron chi connectivity index (χ4n) is 2.36. The summed E-state index contributed by atoms with van der Waals surface area (Å²) in [6.07, 6.45) is 0. The largest absolute Gasteiger partial charge is 0.497 e. The molecule has 1 aromatic rings. The van der Waals surface area contributed by atoms with Crippen LogP contribution in [0.15, 0.2) is 24.3 Å². The van der Waals surface area contributed by atoms with Gasteiger partial charge in [-0.1, -0.05) is 19.1 Å². The smallest absolute Gasteiger partial charge is 0.323 e. The lowest BCUT2D eigenvalue weighted by Crippen LogP contribution is -2.50. The zero-order valence-corrected chi connectivity index (χ0v) is 12.3. The van der Waals surface area contributed by atoms with Crippen LogP contribution in [0, 0.1) is 0 Å². The van der Waals surface area contributed by atoms with Crippen LogP contribution in [0.2, 0.25) is 0 Å². The van der Waals surface area contributed by atoms with Gasteiger partial charge >= 0.3 is 5.97 Å². The Labute approximate surface area is 115 Å². The first-order valence-corrected chi connectivity index (χ1v) is 6.48. The molecule has 4 nitrogen and oxygen atoms in total. The van der Waals surface area contributed by atoms with Gasteiger partial charge in [0.15, 0.2) is 0 Å². The lowest BCUT2D eigenvalue weighted by atomic mass is 9.97. The second kappa shape index (κ2) is 6.06. The zero-order chi connectivity index (χ0) is 14.6. The third-order valence-electron chi connectivity index (χ3n) is 3.63. The fraction of sp³-hybridized carbons (Fsp3) is 0.533. The van der Waals surface area contributed by atoms with Crippen molar-refractivity contribution in [3.8, 4) is 5.75 Å². The summed E-state index contributed by atoms with van der Waals surface area (Å²) in [6, 6.07) is 7.76. The number of benzene rings is 1. The van der Waals surface area contributed by atoms with Gasteiger partial charge in [0, 0.05) is 6.04 Å². The van der Waals surface area contributed by atoms with Gasteiger partial charge in [-0.2, -0.15) is 0 Å². The maximum atomic E-state index is 11.4. The molecule has 0 saturated heterocycles. The van der Waals surface area contributed by atoms with Crippen LogP contribution in [0.3, 0.4) is 0 Å². The van der Waals surface area contributed by atoms with Gasteiger partial charge in [-0.25, -0.2) is 0 Å². The van der Waals surface area contributed by atoms with Crippen LogP contribution in [-0.4, -0.2) is 35.2 Å². The van der Waals surface area contributed by atoms with Crippen molar-refractivity contribution in [2.24, 2.45) is 0 Å². The van der Waals surface area contributed by atoms with Gasteiger partial charge in [-0.15, -0.1) is 0 Å². The number of hydrogen-bond acceptors (Lipinski definition) is 3. The van der Waals surface area contributed by atoms with Crippen molar-refractivity contribution in [3.05, 3.63) is 29.8 Å². The van der Waals surface area contributed by atoms with E-state index in [1.807, 2.05) is 43.0 Å². The third-order valence-corrected chi connectivity index (χ3v) is 3.63. The highest BCUT2D eigenvalue weighted by molar-refractivity contribution is 5.77. The first kappa shape index (κ1) is 15.5. The molecule has 1 unspecified atom stereocenters. The molecule has 1 aromatic carbocycles. The summed E-state index contributed by atoms with van der Waals surface area (Å²) in [5.74, 6) is -0.0300. The Balaban J connectivity index is 3.07. The first-order chi connectivity index (χ1) is 8.84. The molecule has 0 aliphatic carbocycles. The average molecular weight is 265 g/mol. The highest BCUT2D eigenvalue weighted by atomic mass is 16.5. The second-order valence-corrected chi connectivity index (χ2v) is 5.10. The van der Waals surface area contributed by atoms with Gasteiger partial charge in [-0.3, -0.25) is 9.69 Å². The van der Waals surface area contributed by atoms with Gasteiger partial charge in [0.2, 0.25) is 0 Å². The number of carboxylic acid groups (broad SMARTS) is 1. The summed E-state index contributed by atoms with van der Waals surface area (Å²) in [4.78, 5) is 13.4. The van der Waals surface area contributed by atoms with Crippen molar-refractivity contribution < 1.29 is 14.6 Å². The van der Waals surface area contributed by atoms with E-state index in [1.165, 1.54) is 0 Å². The molecule has 106 valence electrons. The SMILES string of the molecule is CCN(C(C)c1cccc(OC)c1)C(C)(C)C(=O)O. The number of nitrogens with zero attached hydrogens (tertiary/aromatic N) is 1. The predicted octanol–water partition coefficient (Wildman–Crippen LogP) is 2.94. The van der Waals surface area contributed by atoms with E-state index in [9.17, 15) is 9.90 Å². The van der Waals surface area contributed by atoms with E-state index in [0.29, 0.717) is 6.54 Å². The zero-order valence-electron chi connectivity index (χ0n) is 12.3. The molecule has 0 aliphatic rings. The molecule has 4 heteroatoms. The number of likely N-dealkylation sites (N-methyl/N-ethyl adjacent to an activating group) is 1. The summed E-state index contributed by atoms with van der Waals surface area (Å²) in [5.41, 5.74) is 0.146. The molecule has 19 heavy (non-hydrogen) atoms. The van der Waals surface area contributed by atoms with Gasteiger partial charge < -0.3 is 9.84 Å². The molecule has 0 aromatic heterocycles. The van der Waals surface area contributed by atoms with E-state index in [0.717, 1.165) is 11.3 Å². The summed E-state index contributed by atoms with van der Waals surface area (Å²) >= 11 is 0. The number of aliphatic carboxylic acids is 1. The third kappa shape index (κ3) is 3.26. The Hall–Kier alpha value is -1.55. The molecule has 0 amide bonds. The number of carbonyl (C=O) groups is 1. The Morgan fingerprint density at radius 1 is 1.47 bits per heavy atom. The monoisotopic (exact) mass is 265 g/mol. The van der Waals surface area contributed by atoms with Gasteiger partial charge in [-0.05, 0) is 45.0 Å². The Bertz CT molecular complexity index is 443. The number of ether oxygens (including phenoxy) is 1. The van der Waals surface area contributed by atoms with Gasteiger partial charge in [0.05, 0.1) is 7.11 Å². The van der Waals surface area contributed by atoms with Crippen LogP contribution in [0.25, 0.3) is 0 Å². The topological polar surface area (TPSA) is 49.8 Å². The molecule has 1 rings (SSSR count). The highest BCUT2D eigenvalue weighted by Gasteiger charge is 2.36. The summed E-state index contributed by atoms with van der Waals surface area (Å²) < 4.78 is 5.22. The molecule has 1 N–H and O–H groups in total. The van der Waals surface area contributed by atoms with E-state index in [-0.39, 0.29) is 6.04 Å². The van der Waals surface area contributed by atoms with Crippen LogP contribution in [0.4, 0.5) is 0 Å². The van der Waals surface area contributed by atoms with Crippen LogP contribution >= 0.6 is 0 Å². The Kier molecular flexibility index (Phi) is 4.95. The van der Waals surface area contributed by atoms with E-state index in [4.69, 9.17) is 4.74 Å². The van der Waals surface area contributed by atoms with E-state index in [2.05, 4.69) is 0 Å². The first-order valence-electron chi connectivity index (χ1n) is 6.48. The molecule has 0 spiro atoms. The molecule has 1 atom stereocenters. The second-order valence-electron chi connectivity index (χ2n) is 5.10. The van der Waals surface area contributed by atoms with Crippen molar-refractivity contribution in [2.75, 3.05) is 13.7 Å². The van der Waals surface area contributed by atoms with Crippen LogP contribution in [0.1, 0.15) is 39.3 Å². The average Bonchev–Trinajstić information content (AvgIpc) is 2.39. The minimum atomic E-state index is -0.906. The molecule has 0 aliphatic heterocycles. The van der Waals surface area contributed by atoms with Crippen LogP contribution in [0.5, 0.6) is 5.75 Å². The molecule has 0 fully saturated rings. The molecule has 0 radical (unpaired) electrons. The number of carboxylic acids is 1. The molecule has 0 saturated carbocycles. The van der Waals surface area contributed by atoms with Crippen molar-refractivity contribution in [1.82, 2.24) is 4.90 Å². The lowest BCUT2D eigenvalue weighted by Gasteiger charge is -2.39. The Morgan fingerprint density at radius 3 is 2.58 bits per heavy atom. The maximum absolute atomic E-state index is 11.4. The Morgan fingerprint density at radius 2 is 2.11 bits per heavy atom. The molecular weight excluding hydrogens is 242 g/mol. The van der Waals surface area contributed by atoms with Crippen molar-refractivity contribution in [3.63, 3.8) is 0 Å². The fourth-order valence-corrected chi connectivity index (χ4v) is 2.36. The maximum Gasteiger partial charge on any atom is 0.323 e. The van der Waals surface area contributed by atoms with Gasteiger partial charge in [0.1, 0.15) is 11.3 Å². The number of hydrogen-bond donors (Lipinski definition) is 1. The van der Waals surface area contributed by atoms with Crippen LogP contribution < -0.4 is 4.74 Å². The summed E-state index contributed by atoms with van der Waals surface area (Å²) in [7, 11) is 1.63. The van der Waals surface area contributed by atoms with Crippen molar-refractivity contribution >= 4 is 5.97 Å². The van der Waals surface area contributed by atoms with E-state index >= 15 is 0 Å². The van der Waals surface area contributed by atoms with E-state index in [1.54, 1.807) is 21.0 Å².